The largest absolute Gasteiger partial charge is 0.493 e. The fraction of sp³-hybridized carbons (Fsp3) is 0.250. The maximum absolute atomic E-state index is 13.2. The zero-order chi connectivity index (χ0) is 14.5. The SMILES string of the molecule is COc1cc(CCl)ccc1OCc1cc(F)ccc1C. The van der Waals surface area contributed by atoms with Crippen LogP contribution in [0.1, 0.15) is 16.7 Å². The van der Waals surface area contributed by atoms with E-state index in [4.69, 9.17) is 21.1 Å². The van der Waals surface area contributed by atoms with E-state index in [2.05, 4.69) is 0 Å². The number of ether oxygens (including phenoxy) is 2. The molecule has 20 heavy (non-hydrogen) atoms. The Morgan fingerprint density at radius 3 is 2.60 bits per heavy atom. The van der Waals surface area contributed by atoms with Crippen molar-refractivity contribution in [1.82, 2.24) is 0 Å². The molecule has 2 aromatic carbocycles. The van der Waals surface area contributed by atoms with Crippen LogP contribution >= 0.6 is 11.6 Å². The van der Waals surface area contributed by atoms with Gasteiger partial charge in [-0.3, -0.25) is 0 Å². The maximum Gasteiger partial charge on any atom is 0.161 e. The van der Waals surface area contributed by atoms with Gasteiger partial charge in [0.05, 0.1) is 7.11 Å². The molecule has 0 aliphatic carbocycles. The van der Waals surface area contributed by atoms with E-state index in [-0.39, 0.29) is 5.82 Å². The molecule has 0 unspecified atom stereocenters. The Kier molecular flexibility index (Phi) is 4.85. The van der Waals surface area contributed by atoms with Crippen LogP contribution in [-0.4, -0.2) is 7.11 Å². The van der Waals surface area contributed by atoms with Crippen LogP contribution in [0.2, 0.25) is 0 Å². The molecule has 2 rings (SSSR count). The molecule has 0 N–H and O–H groups in total. The highest BCUT2D eigenvalue weighted by Crippen LogP contribution is 2.29. The normalized spacial score (nSPS) is 10.4. The molecule has 0 amide bonds. The lowest BCUT2D eigenvalue weighted by molar-refractivity contribution is 0.283. The molecule has 0 bridgehead atoms. The molecule has 4 heteroatoms. The summed E-state index contributed by atoms with van der Waals surface area (Å²) in [6, 6.07) is 10.2. The molecule has 0 heterocycles. The Labute approximate surface area is 123 Å². The van der Waals surface area contributed by atoms with Crippen LogP contribution in [0.25, 0.3) is 0 Å². The minimum atomic E-state index is -0.265. The van der Waals surface area contributed by atoms with Crippen molar-refractivity contribution in [3.8, 4) is 11.5 Å². The van der Waals surface area contributed by atoms with E-state index in [0.29, 0.717) is 24.0 Å². The lowest BCUT2D eigenvalue weighted by atomic mass is 10.1. The van der Waals surface area contributed by atoms with Crippen molar-refractivity contribution in [2.45, 2.75) is 19.4 Å². The monoisotopic (exact) mass is 294 g/mol. The van der Waals surface area contributed by atoms with Gasteiger partial charge in [0.25, 0.3) is 0 Å². The fourth-order valence-electron chi connectivity index (χ4n) is 1.87. The Hall–Kier alpha value is -1.74. The Morgan fingerprint density at radius 2 is 1.90 bits per heavy atom. The van der Waals surface area contributed by atoms with Gasteiger partial charge in [0.15, 0.2) is 11.5 Å². The predicted octanol–water partition coefficient (Wildman–Crippen LogP) is 4.46. The molecule has 0 spiro atoms. The van der Waals surface area contributed by atoms with Crippen LogP contribution in [0.4, 0.5) is 4.39 Å². The van der Waals surface area contributed by atoms with Crippen LogP contribution in [0.3, 0.4) is 0 Å². The highest BCUT2D eigenvalue weighted by Gasteiger charge is 2.07. The van der Waals surface area contributed by atoms with Crippen LogP contribution in [-0.2, 0) is 12.5 Å². The molecule has 0 saturated heterocycles. The third kappa shape index (κ3) is 3.42. The van der Waals surface area contributed by atoms with Gasteiger partial charge in [-0.2, -0.15) is 0 Å². The zero-order valence-electron chi connectivity index (χ0n) is 11.5. The number of halogens is 2. The smallest absolute Gasteiger partial charge is 0.161 e. The number of benzene rings is 2. The lowest BCUT2D eigenvalue weighted by Crippen LogP contribution is -2.00. The molecular weight excluding hydrogens is 279 g/mol. The van der Waals surface area contributed by atoms with Crippen molar-refractivity contribution in [3.05, 3.63) is 58.9 Å². The van der Waals surface area contributed by atoms with Crippen LogP contribution < -0.4 is 9.47 Å². The maximum atomic E-state index is 13.2. The third-order valence-electron chi connectivity index (χ3n) is 3.08. The van der Waals surface area contributed by atoms with Crippen molar-refractivity contribution >= 4 is 11.6 Å². The molecular formula is C16H16ClFO2. The van der Waals surface area contributed by atoms with Gasteiger partial charge in [-0.1, -0.05) is 12.1 Å². The second-order valence-corrected chi connectivity index (χ2v) is 4.75. The Morgan fingerprint density at radius 1 is 1.10 bits per heavy atom. The number of hydrogen-bond acceptors (Lipinski definition) is 2. The molecule has 106 valence electrons. The Bertz CT molecular complexity index is 599. The van der Waals surface area contributed by atoms with Gasteiger partial charge in [-0.25, -0.2) is 4.39 Å². The fourth-order valence-corrected chi connectivity index (χ4v) is 2.03. The van der Waals surface area contributed by atoms with Crippen molar-refractivity contribution in [2.75, 3.05) is 7.11 Å². The van der Waals surface area contributed by atoms with Gasteiger partial charge in [-0.15, -0.1) is 11.6 Å². The highest BCUT2D eigenvalue weighted by molar-refractivity contribution is 6.17. The molecule has 0 saturated carbocycles. The van der Waals surface area contributed by atoms with Crippen molar-refractivity contribution < 1.29 is 13.9 Å². The second-order valence-electron chi connectivity index (χ2n) is 4.48. The number of hydrogen-bond donors (Lipinski definition) is 0. The quantitative estimate of drug-likeness (QED) is 0.758. The van der Waals surface area contributed by atoms with Gasteiger partial charge >= 0.3 is 0 Å². The molecule has 0 aliphatic heterocycles. The summed E-state index contributed by atoms with van der Waals surface area (Å²) in [6.45, 7) is 2.21. The van der Waals surface area contributed by atoms with Crippen molar-refractivity contribution in [2.24, 2.45) is 0 Å². The molecule has 2 aromatic rings. The second kappa shape index (κ2) is 6.62. The lowest BCUT2D eigenvalue weighted by Gasteiger charge is -2.13. The summed E-state index contributed by atoms with van der Waals surface area (Å²) in [5.74, 6) is 1.39. The summed E-state index contributed by atoms with van der Waals surface area (Å²) < 4.78 is 24.2. The molecule has 2 nitrogen and oxygen atoms in total. The summed E-state index contributed by atoms with van der Waals surface area (Å²) >= 11 is 5.78. The van der Waals surface area contributed by atoms with Crippen LogP contribution in [0, 0.1) is 12.7 Å². The Balaban J connectivity index is 2.16. The first-order valence-electron chi connectivity index (χ1n) is 6.24. The van der Waals surface area contributed by atoms with E-state index in [1.807, 2.05) is 25.1 Å². The number of aryl methyl sites for hydroxylation is 1. The first kappa shape index (κ1) is 14.7. The molecule has 0 aliphatic rings. The van der Waals surface area contributed by atoms with Gasteiger partial charge in [0.2, 0.25) is 0 Å². The summed E-state index contributed by atoms with van der Waals surface area (Å²) in [5.41, 5.74) is 2.76. The summed E-state index contributed by atoms with van der Waals surface area (Å²) in [5, 5.41) is 0. The molecule has 0 atom stereocenters. The third-order valence-corrected chi connectivity index (χ3v) is 3.39. The minimum Gasteiger partial charge on any atom is -0.493 e. The van der Waals surface area contributed by atoms with Gasteiger partial charge in [0, 0.05) is 5.88 Å². The topological polar surface area (TPSA) is 18.5 Å². The van der Waals surface area contributed by atoms with E-state index in [0.717, 1.165) is 16.7 Å². The van der Waals surface area contributed by atoms with E-state index in [1.165, 1.54) is 12.1 Å². The summed E-state index contributed by atoms with van der Waals surface area (Å²) in [6.07, 6.45) is 0. The molecule has 0 aromatic heterocycles. The first-order valence-corrected chi connectivity index (χ1v) is 6.78. The van der Waals surface area contributed by atoms with Crippen LogP contribution in [0.5, 0.6) is 11.5 Å². The summed E-state index contributed by atoms with van der Waals surface area (Å²) in [7, 11) is 1.58. The average molecular weight is 295 g/mol. The van der Waals surface area contributed by atoms with E-state index < -0.39 is 0 Å². The van der Waals surface area contributed by atoms with E-state index in [1.54, 1.807) is 13.2 Å². The van der Waals surface area contributed by atoms with Crippen molar-refractivity contribution in [3.63, 3.8) is 0 Å². The average Bonchev–Trinajstić information content (AvgIpc) is 2.48. The van der Waals surface area contributed by atoms with Crippen molar-refractivity contribution in [1.29, 1.82) is 0 Å². The minimum absolute atomic E-state index is 0.265. The summed E-state index contributed by atoms with van der Waals surface area (Å²) in [4.78, 5) is 0. The number of alkyl halides is 1. The zero-order valence-corrected chi connectivity index (χ0v) is 12.2. The van der Waals surface area contributed by atoms with Gasteiger partial charge in [-0.05, 0) is 47.9 Å². The predicted molar refractivity (Wildman–Crippen MR) is 78.0 cm³/mol. The standard InChI is InChI=1S/C16H16ClFO2/c1-11-3-5-14(18)8-13(11)10-20-15-6-4-12(9-17)7-16(15)19-2/h3-8H,9-10H2,1-2H3. The van der Waals surface area contributed by atoms with Crippen LogP contribution in [0.15, 0.2) is 36.4 Å². The van der Waals surface area contributed by atoms with E-state index in [9.17, 15) is 4.39 Å². The molecule has 0 fully saturated rings. The number of methoxy groups -OCH3 is 1. The van der Waals surface area contributed by atoms with E-state index >= 15 is 0 Å². The number of rotatable bonds is 5. The molecule has 0 radical (unpaired) electrons. The van der Waals surface area contributed by atoms with Gasteiger partial charge < -0.3 is 9.47 Å². The van der Waals surface area contributed by atoms with Gasteiger partial charge in [0.1, 0.15) is 12.4 Å². The highest BCUT2D eigenvalue weighted by atomic mass is 35.5. The first-order chi connectivity index (χ1) is 9.63.